The molecule has 0 saturated carbocycles. The van der Waals surface area contributed by atoms with Crippen molar-refractivity contribution < 1.29 is 14.6 Å². The maximum Gasteiger partial charge on any atom is 0.257 e. The highest BCUT2D eigenvalue weighted by Gasteiger charge is 2.19. The fourth-order valence-corrected chi connectivity index (χ4v) is 2.22. The number of methoxy groups -OCH3 is 1. The zero-order valence-electron chi connectivity index (χ0n) is 13.0. The van der Waals surface area contributed by atoms with Crippen LogP contribution in [-0.4, -0.2) is 42.7 Å². The van der Waals surface area contributed by atoms with Gasteiger partial charge in [-0.2, -0.15) is 0 Å². The Labute approximate surface area is 126 Å². The van der Waals surface area contributed by atoms with Crippen LogP contribution in [0.5, 0.6) is 5.75 Å². The predicted octanol–water partition coefficient (Wildman–Crippen LogP) is 2.29. The fraction of sp³-hybridized carbons (Fsp3) is 0.562. The van der Waals surface area contributed by atoms with Crippen molar-refractivity contribution in [3.05, 3.63) is 23.8 Å². The van der Waals surface area contributed by atoms with Gasteiger partial charge >= 0.3 is 0 Å². The number of unbranched alkanes of at least 4 members (excludes halogenated alkanes) is 3. The smallest absolute Gasteiger partial charge is 0.257 e. The average Bonchev–Trinajstić information content (AvgIpc) is 2.49. The molecule has 0 atom stereocenters. The van der Waals surface area contributed by atoms with E-state index in [1.54, 1.807) is 23.1 Å². The van der Waals surface area contributed by atoms with Gasteiger partial charge < -0.3 is 20.5 Å². The van der Waals surface area contributed by atoms with Crippen molar-refractivity contribution in [2.45, 2.75) is 32.6 Å². The number of benzene rings is 1. The molecule has 1 amide bonds. The van der Waals surface area contributed by atoms with Gasteiger partial charge in [-0.15, -0.1) is 0 Å². The van der Waals surface area contributed by atoms with E-state index in [-0.39, 0.29) is 12.5 Å². The second-order valence-corrected chi connectivity index (χ2v) is 5.04. The first-order chi connectivity index (χ1) is 10.1. The molecular weight excluding hydrogens is 268 g/mol. The van der Waals surface area contributed by atoms with Crippen LogP contribution in [0.15, 0.2) is 18.2 Å². The van der Waals surface area contributed by atoms with Crippen LogP contribution < -0.4 is 10.5 Å². The van der Waals surface area contributed by atoms with Gasteiger partial charge in [0.2, 0.25) is 0 Å². The van der Waals surface area contributed by atoms with Gasteiger partial charge in [-0.3, -0.25) is 4.79 Å². The van der Waals surface area contributed by atoms with E-state index < -0.39 is 0 Å². The van der Waals surface area contributed by atoms with Crippen molar-refractivity contribution in [3.8, 4) is 5.75 Å². The number of rotatable bonds is 9. The Morgan fingerprint density at radius 2 is 2.05 bits per heavy atom. The zero-order chi connectivity index (χ0) is 15.7. The average molecular weight is 294 g/mol. The highest BCUT2D eigenvalue weighted by Crippen LogP contribution is 2.23. The third-order valence-corrected chi connectivity index (χ3v) is 3.39. The Morgan fingerprint density at radius 3 is 2.67 bits per heavy atom. The Bertz CT molecular complexity index is 449. The number of aliphatic hydroxyl groups excluding tert-OH is 1. The largest absolute Gasteiger partial charge is 0.496 e. The lowest BCUT2D eigenvalue weighted by Crippen LogP contribution is -2.34. The summed E-state index contributed by atoms with van der Waals surface area (Å²) in [6.07, 6.45) is 4.34. The number of anilines is 1. The topological polar surface area (TPSA) is 75.8 Å². The van der Waals surface area contributed by atoms with E-state index in [0.29, 0.717) is 30.1 Å². The highest BCUT2D eigenvalue weighted by atomic mass is 16.5. The number of hydrogen-bond donors (Lipinski definition) is 2. The molecule has 0 fully saturated rings. The Balaban J connectivity index is 2.80. The number of aliphatic hydroxyl groups is 1. The first-order valence-corrected chi connectivity index (χ1v) is 7.47. The van der Waals surface area contributed by atoms with Crippen molar-refractivity contribution in [2.75, 3.05) is 32.5 Å². The Morgan fingerprint density at radius 1 is 1.29 bits per heavy atom. The lowest BCUT2D eigenvalue weighted by molar-refractivity contribution is 0.0715. The van der Waals surface area contributed by atoms with E-state index in [1.165, 1.54) is 7.11 Å². The zero-order valence-corrected chi connectivity index (χ0v) is 13.0. The molecule has 1 aromatic rings. The van der Waals surface area contributed by atoms with Crippen LogP contribution in [0.4, 0.5) is 5.69 Å². The van der Waals surface area contributed by atoms with E-state index in [0.717, 1.165) is 25.7 Å². The monoisotopic (exact) mass is 294 g/mol. The first kappa shape index (κ1) is 17.3. The third kappa shape index (κ3) is 5.27. The van der Waals surface area contributed by atoms with Crippen LogP contribution in [0.3, 0.4) is 0 Å². The number of carbonyl (C=O) groups is 1. The van der Waals surface area contributed by atoms with Gasteiger partial charge in [0.25, 0.3) is 5.91 Å². The molecule has 5 heteroatoms. The summed E-state index contributed by atoms with van der Waals surface area (Å²) >= 11 is 0. The molecule has 0 radical (unpaired) electrons. The molecule has 0 aliphatic carbocycles. The van der Waals surface area contributed by atoms with Gasteiger partial charge in [-0.1, -0.05) is 26.2 Å². The van der Waals surface area contributed by atoms with Crippen molar-refractivity contribution in [3.63, 3.8) is 0 Å². The van der Waals surface area contributed by atoms with E-state index >= 15 is 0 Å². The number of carbonyl (C=O) groups excluding carboxylic acids is 1. The summed E-state index contributed by atoms with van der Waals surface area (Å²) in [5.74, 6) is 0.342. The van der Waals surface area contributed by atoms with Crippen molar-refractivity contribution in [2.24, 2.45) is 0 Å². The van der Waals surface area contributed by atoms with Crippen LogP contribution in [0.1, 0.15) is 43.0 Å². The maximum atomic E-state index is 12.6. The number of ether oxygens (including phenoxy) is 1. The fourth-order valence-electron chi connectivity index (χ4n) is 2.22. The quantitative estimate of drug-likeness (QED) is 0.541. The summed E-state index contributed by atoms with van der Waals surface area (Å²) in [6, 6.07) is 5.00. The van der Waals surface area contributed by atoms with Gasteiger partial charge in [0.1, 0.15) is 5.75 Å². The highest BCUT2D eigenvalue weighted by molar-refractivity contribution is 5.97. The molecule has 0 aliphatic heterocycles. The number of amides is 1. The van der Waals surface area contributed by atoms with Crippen LogP contribution in [0.2, 0.25) is 0 Å². The molecule has 0 unspecified atom stereocenters. The van der Waals surface area contributed by atoms with Crippen LogP contribution in [-0.2, 0) is 0 Å². The molecule has 0 heterocycles. The predicted molar refractivity (Wildman–Crippen MR) is 84.5 cm³/mol. The van der Waals surface area contributed by atoms with Gasteiger partial charge in [0.15, 0.2) is 0 Å². The minimum absolute atomic E-state index is 0.0448. The number of hydrogen-bond acceptors (Lipinski definition) is 4. The summed E-state index contributed by atoms with van der Waals surface area (Å²) in [4.78, 5) is 14.3. The molecule has 0 aromatic heterocycles. The minimum atomic E-state index is -0.127. The second-order valence-electron chi connectivity index (χ2n) is 5.04. The van der Waals surface area contributed by atoms with Gasteiger partial charge in [-0.05, 0) is 18.6 Å². The van der Waals surface area contributed by atoms with Crippen LogP contribution in [0.25, 0.3) is 0 Å². The molecule has 0 saturated heterocycles. The summed E-state index contributed by atoms with van der Waals surface area (Å²) in [6.45, 7) is 3.08. The van der Waals surface area contributed by atoms with E-state index in [1.807, 2.05) is 0 Å². The molecular formula is C16H26N2O3. The van der Waals surface area contributed by atoms with Gasteiger partial charge in [0.05, 0.1) is 19.3 Å². The standard InChI is InChI=1S/C16H26N2O3/c1-3-4-5-6-9-18(10-11-19)16(20)14-8-7-13(17)12-15(14)21-2/h7-8,12,19H,3-6,9-11,17H2,1-2H3. The third-order valence-electron chi connectivity index (χ3n) is 3.39. The Kier molecular flexibility index (Phi) is 7.61. The van der Waals surface area contributed by atoms with Crippen LogP contribution >= 0.6 is 0 Å². The van der Waals surface area contributed by atoms with Crippen molar-refractivity contribution in [1.29, 1.82) is 0 Å². The van der Waals surface area contributed by atoms with Crippen molar-refractivity contribution >= 4 is 11.6 Å². The number of nitrogens with zero attached hydrogens (tertiary/aromatic N) is 1. The molecule has 21 heavy (non-hydrogen) atoms. The second kappa shape index (κ2) is 9.23. The van der Waals surface area contributed by atoms with E-state index in [4.69, 9.17) is 15.6 Å². The van der Waals surface area contributed by atoms with Crippen LogP contribution in [0, 0.1) is 0 Å². The molecule has 0 aliphatic rings. The molecule has 1 rings (SSSR count). The minimum Gasteiger partial charge on any atom is -0.496 e. The van der Waals surface area contributed by atoms with E-state index in [2.05, 4.69) is 6.92 Å². The number of nitrogens with two attached hydrogens (primary N) is 1. The summed E-state index contributed by atoms with van der Waals surface area (Å²) < 4.78 is 5.23. The van der Waals surface area contributed by atoms with Crippen molar-refractivity contribution in [1.82, 2.24) is 4.90 Å². The molecule has 5 nitrogen and oxygen atoms in total. The molecule has 0 bridgehead atoms. The first-order valence-electron chi connectivity index (χ1n) is 7.47. The molecule has 3 N–H and O–H groups in total. The molecule has 1 aromatic carbocycles. The summed E-state index contributed by atoms with van der Waals surface area (Å²) in [5.41, 5.74) is 6.74. The lowest BCUT2D eigenvalue weighted by atomic mass is 10.1. The number of nitrogen functional groups attached to an aromatic ring is 1. The lowest BCUT2D eigenvalue weighted by Gasteiger charge is -2.23. The summed E-state index contributed by atoms with van der Waals surface area (Å²) in [7, 11) is 1.52. The van der Waals surface area contributed by atoms with Gasteiger partial charge in [0, 0.05) is 24.8 Å². The van der Waals surface area contributed by atoms with E-state index in [9.17, 15) is 4.79 Å². The van der Waals surface area contributed by atoms with Gasteiger partial charge in [-0.25, -0.2) is 0 Å². The summed E-state index contributed by atoms with van der Waals surface area (Å²) in [5, 5.41) is 9.16. The molecule has 0 spiro atoms. The molecule has 118 valence electrons. The SMILES string of the molecule is CCCCCCN(CCO)C(=O)c1ccc(N)cc1OC. The normalized spacial score (nSPS) is 10.4. The maximum absolute atomic E-state index is 12.6. The Hall–Kier alpha value is -1.75.